The summed E-state index contributed by atoms with van der Waals surface area (Å²) in [5.74, 6) is -0.495. The molecule has 1 heterocycles. The Balaban J connectivity index is 1.51. The molecular weight excluding hydrogens is 498 g/mol. The molecular formula is C27H28ClN3O4S. The number of hydrogen-bond donors (Lipinski definition) is 2. The summed E-state index contributed by atoms with van der Waals surface area (Å²) in [5.41, 5.74) is 4.04. The monoisotopic (exact) mass is 525 g/mol. The molecule has 0 bridgehead atoms. The molecule has 2 N–H and O–H groups in total. The summed E-state index contributed by atoms with van der Waals surface area (Å²) in [6.45, 7) is 4.09. The lowest BCUT2D eigenvalue weighted by atomic mass is 10.1. The van der Waals surface area contributed by atoms with Gasteiger partial charge in [0.05, 0.1) is 11.4 Å². The standard InChI is InChI=1S/C27H28ClN3O4S/c1-18-9-10-22(17-25(18)30-26(32)20-7-6-8-21(28)16-20)29-27(33)24-12-11-23(15-19(24)2)31-13-4-3-5-14-36(31,34)35/h6-12,15-17H,3-5,13-14H2,1-2H3,(H,29,33)(H,30,32). The summed E-state index contributed by atoms with van der Waals surface area (Å²) in [6.07, 6.45) is 2.35. The smallest absolute Gasteiger partial charge is 0.255 e. The maximum absolute atomic E-state index is 13.0. The summed E-state index contributed by atoms with van der Waals surface area (Å²) < 4.78 is 26.7. The van der Waals surface area contributed by atoms with Crippen LogP contribution in [0.5, 0.6) is 0 Å². The molecule has 1 fully saturated rings. The Kier molecular flexibility index (Phi) is 7.66. The average Bonchev–Trinajstić information content (AvgIpc) is 3.01. The topological polar surface area (TPSA) is 95.6 Å². The Morgan fingerprint density at radius 3 is 2.42 bits per heavy atom. The summed E-state index contributed by atoms with van der Waals surface area (Å²) in [4.78, 5) is 25.7. The molecule has 36 heavy (non-hydrogen) atoms. The Hall–Kier alpha value is -3.36. The Morgan fingerprint density at radius 2 is 1.67 bits per heavy atom. The second kappa shape index (κ2) is 10.7. The van der Waals surface area contributed by atoms with Crippen LogP contribution in [0.1, 0.15) is 51.1 Å². The van der Waals surface area contributed by atoms with Crippen molar-refractivity contribution in [2.45, 2.75) is 33.1 Å². The van der Waals surface area contributed by atoms with Crippen LogP contribution >= 0.6 is 11.6 Å². The van der Waals surface area contributed by atoms with Crippen molar-refractivity contribution in [3.05, 3.63) is 87.9 Å². The van der Waals surface area contributed by atoms with Gasteiger partial charge in [0, 0.05) is 34.1 Å². The number of aryl methyl sites for hydroxylation is 2. The van der Waals surface area contributed by atoms with Gasteiger partial charge in [-0.15, -0.1) is 0 Å². The summed E-state index contributed by atoms with van der Waals surface area (Å²) in [5, 5.41) is 6.20. The van der Waals surface area contributed by atoms with E-state index in [0.29, 0.717) is 51.7 Å². The molecule has 188 valence electrons. The zero-order chi connectivity index (χ0) is 25.9. The van der Waals surface area contributed by atoms with Crippen LogP contribution in [0.15, 0.2) is 60.7 Å². The van der Waals surface area contributed by atoms with Gasteiger partial charge in [0.15, 0.2) is 0 Å². The second-order valence-electron chi connectivity index (χ2n) is 8.90. The van der Waals surface area contributed by atoms with E-state index in [2.05, 4.69) is 10.6 Å². The molecule has 1 aliphatic heterocycles. The highest BCUT2D eigenvalue weighted by Gasteiger charge is 2.25. The molecule has 0 aromatic heterocycles. The molecule has 9 heteroatoms. The first-order chi connectivity index (χ1) is 17.1. The van der Waals surface area contributed by atoms with E-state index < -0.39 is 10.0 Å². The lowest BCUT2D eigenvalue weighted by Crippen LogP contribution is -2.32. The van der Waals surface area contributed by atoms with Crippen LogP contribution in [0.3, 0.4) is 0 Å². The van der Waals surface area contributed by atoms with E-state index in [-0.39, 0.29) is 17.6 Å². The molecule has 3 aromatic rings. The van der Waals surface area contributed by atoms with Crippen molar-refractivity contribution in [1.82, 2.24) is 0 Å². The minimum absolute atomic E-state index is 0.137. The highest BCUT2D eigenvalue weighted by molar-refractivity contribution is 7.92. The highest BCUT2D eigenvalue weighted by Crippen LogP contribution is 2.27. The van der Waals surface area contributed by atoms with Crippen LogP contribution in [0.2, 0.25) is 5.02 Å². The van der Waals surface area contributed by atoms with Crippen molar-refractivity contribution in [3.8, 4) is 0 Å². The summed E-state index contributed by atoms with van der Waals surface area (Å²) >= 11 is 5.99. The van der Waals surface area contributed by atoms with Crippen molar-refractivity contribution in [1.29, 1.82) is 0 Å². The fourth-order valence-corrected chi connectivity index (χ4v) is 5.99. The van der Waals surface area contributed by atoms with Gasteiger partial charge in [-0.3, -0.25) is 13.9 Å². The second-order valence-corrected chi connectivity index (χ2v) is 11.3. The summed E-state index contributed by atoms with van der Waals surface area (Å²) in [6, 6.07) is 17.0. The SMILES string of the molecule is Cc1ccc(NC(=O)c2ccc(N3CCCCCS3(=O)=O)cc2C)cc1NC(=O)c1cccc(Cl)c1. The molecule has 0 unspecified atom stereocenters. The van der Waals surface area contributed by atoms with Crippen molar-refractivity contribution < 1.29 is 18.0 Å². The molecule has 7 nitrogen and oxygen atoms in total. The number of benzene rings is 3. The number of nitrogens with zero attached hydrogens (tertiary/aromatic N) is 1. The number of amides is 2. The number of anilines is 3. The van der Waals surface area contributed by atoms with Crippen LogP contribution in [0.4, 0.5) is 17.1 Å². The third-order valence-corrected chi connectivity index (χ3v) is 8.28. The normalized spacial score (nSPS) is 15.1. The minimum Gasteiger partial charge on any atom is -0.322 e. The first-order valence-electron chi connectivity index (χ1n) is 11.7. The average molecular weight is 526 g/mol. The molecule has 0 aliphatic carbocycles. The Bertz CT molecular complexity index is 1420. The van der Waals surface area contributed by atoms with Crippen molar-refractivity contribution in [2.75, 3.05) is 27.2 Å². The highest BCUT2D eigenvalue weighted by atomic mass is 35.5. The first kappa shape index (κ1) is 25.7. The van der Waals surface area contributed by atoms with E-state index in [1.54, 1.807) is 61.5 Å². The van der Waals surface area contributed by atoms with Crippen molar-refractivity contribution in [2.24, 2.45) is 0 Å². The predicted octanol–water partition coefficient (Wildman–Crippen LogP) is 5.78. The molecule has 2 amide bonds. The third kappa shape index (κ3) is 5.88. The van der Waals surface area contributed by atoms with Gasteiger partial charge in [-0.2, -0.15) is 0 Å². The fourth-order valence-electron chi connectivity index (χ4n) is 4.17. The molecule has 0 saturated carbocycles. The Morgan fingerprint density at radius 1 is 0.861 bits per heavy atom. The minimum atomic E-state index is -3.36. The van der Waals surface area contributed by atoms with Gasteiger partial charge in [0.1, 0.15) is 0 Å². The maximum Gasteiger partial charge on any atom is 0.255 e. The zero-order valence-corrected chi connectivity index (χ0v) is 21.7. The van der Waals surface area contributed by atoms with Crippen LogP contribution in [-0.4, -0.2) is 32.5 Å². The maximum atomic E-state index is 13.0. The van der Waals surface area contributed by atoms with Crippen LogP contribution in [-0.2, 0) is 10.0 Å². The number of sulfonamides is 1. The number of hydrogen-bond acceptors (Lipinski definition) is 4. The van der Waals surface area contributed by atoms with Gasteiger partial charge in [-0.25, -0.2) is 8.42 Å². The van der Waals surface area contributed by atoms with Crippen LogP contribution in [0, 0.1) is 13.8 Å². The van der Waals surface area contributed by atoms with Crippen molar-refractivity contribution >= 4 is 50.5 Å². The van der Waals surface area contributed by atoms with Crippen molar-refractivity contribution in [3.63, 3.8) is 0 Å². The molecule has 0 spiro atoms. The number of rotatable bonds is 5. The molecule has 0 radical (unpaired) electrons. The molecule has 4 rings (SSSR count). The van der Waals surface area contributed by atoms with Gasteiger partial charge in [-0.05, 0) is 86.3 Å². The van der Waals surface area contributed by atoms with E-state index in [1.165, 1.54) is 4.31 Å². The van der Waals surface area contributed by atoms with Crippen LogP contribution in [0.25, 0.3) is 0 Å². The molecule has 1 aliphatic rings. The van der Waals surface area contributed by atoms with E-state index in [1.807, 2.05) is 13.0 Å². The first-order valence-corrected chi connectivity index (χ1v) is 13.7. The molecule has 1 saturated heterocycles. The lowest BCUT2D eigenvalue weighted by Gasteiger charge is -2.23. The number of halogens is 1. The van der Waals surface area contributed by atoms with E-state index in [9.17, 15) is 18.0 Å². The zero-order valence-electron chi connectivity index (χ0n) is 20.2. The van der Waals surface area contributed by atoms with E-state index >= 15 is 0 Å². The van der Waals surface area contributed by atoms with Crippen LogP contribution < -0.4 is 14.9 Å². The predicted molar refractivity (Wildman–Crippen MR) is 145 cm³/mol. The van der Waals surface area contributed by atoms with Gasteiger partial charge >= 0.3 is 0 Å². The largest absolute Gasteiger partial charge is 0.322 e. The molecule has 0 atom stereocenters. The van der Waals surface area contributed by atoms with Gasteiger partial charge in [0.25, 0.3) is 11.8 Å². The number of carbonyl (C=O) groups is 2. The van der Waals surface area contributed by atoms with E-state index in [4.69, 9.17) is 11.6 Å². The quantitative estimate of drug-likeness (QED) is 0.441. The lowest BCUT2D eigenvalue weighted by molar-refractivity contribution is 0.101. The van der Waals surface area contributed by atoms with Gasteiger partial charge < -0.3 is 10.6 Å². The van der Waals surface area contributed by atoms with Gasteiger partial charge in [0.2, 0.25) is 10.0 Å². The number of carbonyl (C=O) groups excluding carboxylic acids is 2. The summed E-state index contributed by atoms with van der Waals surface area (Å²) in [7, 11) is -3.36. The Labute approximate surface area is 216 Å². The third-order valence-electron chi connectivity index (χ3n) is 6.17. The van der Waals surface area contributed by atoms with E-state index in [0.717, 1.165) is 18.4 Å². The fraction of sp³-hybridized carbons (Fsp3) is 0.259. The molecule has 3 aromatic carbocycles. The van der Waals surface area contributed by atoms with Gasteiger partial charge in [-0.1, -0.05) is 30.2 Å². The number of nitrogens with one attached hydrogen (secondary N) is 2.